The van der Waals surface area contributed by atoms with Gasteiger partial charge in [-0.25, -0.2) is 25.6 Å². The minimum absolute atomic E-state index is 0.0339. The van der Waals surface area contributed by atoms with Crippen LogP contribution in [0.5, 0.6) is 0 Å². The molecule has 0 N–H and O–H groups in total. The van der Waals surface area contributed by atoms with E-state index in [9.17, 15) is 25.6 Å². The maximum atomic E-state index is 13.0. The lowest BCUT2D eigenvalue weighted by molar-refractivity contribution is 0.212. The molecule has 0 aliphatic carbocycles. The molecule has 158 valence electrons. The summed E-state index contributed by atoms with van der Waals surface area (Å²) >= 11 is 0. The Bertz CT molecular complexity index is 1060. The standard InChI is InChI=1S/C19H22F2N2O4S2/c1-15-12-22(28(24,25)13-16-2-6-18(20)7-3-16)10-11-23(15)29(26,27)14-17-4-8-19(21)9-5-17/h2-9,15H,10-14H2,1H3. The zero-order valence-corrected chi connectivity index (χ0v) is 17.5. The van der Waals surface area contributed by atoms with Gasteiger partial charge in [-0.2, -0.15) is 8.61 Å². The molecule has 0 radical (unpaired) electrons. The molecular formula is C19H22F2N2O4S2. The van der Waals surface area contributed by atoms with E-state index in [1.807, 2.05) is 0 Å². The van der Waals surface area contributed by atoms with Crippen molar-refractivity contribution in [3.8, 4) is 0 Å². The van der Waals surface area contributed by atoms with Crippen LogP contribution in [0.25, 0.3) is 0 Å². The van der Waals surface area contributed by atoms with Gasteiger partial charge in [0.15, 0.2) is 0 Å². The lowest BCUT2D eigenvalue weighted by Gasteiger charge is -2.38. The summed E-state index contributed by atoms with van der Waals surface area (Å²) < 4.78 is 79.5. The van der Waals surface area contributed by atoms with E-state index in [0.717, 1.165) is 0 Å². The van der Waals surface area contributed by atoms with Crippen LogP contribution in [0.1, 0.15) is 18.1 Å². The summed E-state index contributed by atoms with van der Waals surface area (Å²) in [5, 5.41) is 0. The van der Waals surface area contributed by atoms with Gasteiger partial charge in [0.25, 0.3) is 0 Å². The Morgan fingerprint density at radius 3 is 1.69 bits per heavy atom. The monoisotopic (exact) mass is 444 g/mol. The van der Waals surface area contributed by atoms with E-state index in [1.165, 1.54) is 57.1 Å². The molecule has 29 heavy (non-hydrogen) atoms. The fourth-order valence-electron chi connectivity index (χ4n) is 3.33. The van der Waals surface area contributed by atoms with E-state index >= 15 is 0 Å². The van der Waals surface area contributed by atoms with Crippen LogP contribution in [0.3, 0.4) is 0 Å². The molecule has 1 saturated heterocycles. The van der Waals surface area contributed by atoms with E-state index in [-0.39, 0.29) is 31.1 Å². The maximum Gasteiger partial charge on any atom is 0.218 e. The van der Waals surface area contributed by atoms with E-state index in [4.69, 9.17) is 0 Å². The second kappa shape index (κ2) is 8.47. The number of piperazine rings is 1. The van der Waals surface area contributed by atoms with E-state index in [1.54, 1.807) is 6.92 Å². The molecule has 0 aromatic heterocycles. The number of halogens is 2. The summed E-state index contributed by atoms with van der Waals surface area (Å²) in [4.78, 5) is 0. The third kappa shape index (κ3) is 5.39. The Labute approximate surface area is 169 Å². The van der Waals surface area contributed by atoms with Crippen molar-refractivity contribution in [3.05, 3.63) is 71.3 Å². The predicted molar refractivity (Wildman–Crippen MR) is 106 cm³/mol. The number of benzene rings is 2. The second-order valence-electron chi connectivity index (χ2n) is 7.08. The molecule has 0 bridgehead atoms. The van der Waals surface area contributed by atoms with E-state index < -0.39 is 37.7 Å². The van der Waals surface area contributed by atoms with Gasteiger partial charge in [-0.3, -0.25) is 0 Å². The van der Waals surface area contributed by atoms with Gasteiger partial charge >= 0.3 is 0 Å². The van der Waals surface area contributed by atoms with E-state index in [2.05, 4.69) is 0 Å². The number of nitrogens with zero attached hydrogens (tertiary/aromatic N) is 2. The van der Waals surface area contributed by atoms with Crippen molar-refractivity contribution in [1.29, 1.82) is 0 Å². The Hall–Kier alpha value is -1.88. The predicted octanol–water partition coefficient (Wildman–Crippen LogP) is 2.33. The van der Waals surface area contributed by atoms with Gasteiger partial charge in [-0.05, 0) is 42.3 Å². The molecule has 0 spiro atoms. The largest absolute Gasteiger partial charge is 0.218 e. The van der Waals surface area contributed by atoms with Crippen molar-refractivity contribution in [3.63, 3.8) is 0 Å². The fourth-order valence-corrected chi connectivity index (χ4v) is 6.68. The highest BCUT2D eigenvalue weighted by molar-refractivity contribution is 7.88. The number of sulfonamides is 2. The van der Waals surface area contributed by atoms with E-state index in [0.29, 0.717) is 11.1 Å². The number of hydrogen-bond donors (Lipinski definition) is 0. The first-order chi connectivity index (χ1) is 13.6. The molecular weight excluding hydrogens is 422 g/mol. The lowest BCUT2D eigenvalue weighted by atomic mass is 10.2. The normalized spacial score (nSPS) is 19.3. The van der Waals surface area contributed by atoms with Gasteiger partial charge in [0, 0.05) is 25.7 Å². The van der Waals surface area contributed by atoms with Gasteiger partial charge in [0.1, 0.15) is 11.6 Å². The second-order valence-corrected chi connectivity index (χ2v) is 11.0. The molecule has 1 heterocycles. The summed E-state index contributed by atoms with van der Waals surface area (Å²) in [6.07, 6.45) is 0. The fraction of sp³-hybridized carbons (Fsp3) is 0.368. The zero-order valence-electron chi connectivity index (χ0n) is 15.8. The van der Waals surface area contributed by atoms with Crippen LogP contribution < -0.4 is 0 Å². The molecule has 1 aliphatic rings. The van der Waals surface area contributed by atoms with Crippen LogP contribution in [0.4, 0.5) is 8.78 Å². The van der Waals surface area contributed by atoms with Crippen molar-refractivity contribution in [2.45, 2.75) is 24.5 Å². The van der Waals surface area contributed by atoms with Crippen LogP contribution in [0, 0.1) is 11.6 Å². The van der Waals surface area contributed by atoms with Crippen LogP contribution in [0.2, 0.25) is 0 Å². The van der Waals surface area contributed by atoms with Crippen molar-refractivity contribution in [2.75, 3.05) is 19.6 Å². The van der Waals surface area contributed by atoms with Crippen LogP contribution in [-0.4, -0.2) is 51.1 Å². The molecule has 10 heteroatoms. The first kappa shape index (κ1) is 21.8. The highest BCUT2D eigenvalue weighted by Crippen LogP contribution is 2.22. The molecule has 6 nitrogen and oxygen atoms in total. The highest BCUT2D eigenvalue weighted by atomic mass is 32.2. The summed E-state index contributed by atoms with van der Waals surface area (Å²) in [7, 11) is -7.35. The highest BCUT2D eigenvalue weighted by Gasteiger charge is 2.36. The van der Waals surface area contributed by atoms with Gasteiger partial charge < -0.3 is 0 Å². The molecule has 1 fully saturated rings. The average molecular weight is 445 g/mol. The Balaban J connectivity index is 1.67. The summed E-state index contributed by atoms with van der Waals surface area (Å²) in [5.74, 6) is -1.44. The third-order valence-corrected chi connectivity index (χ3v) is 8.58. The molecule has 1 unspecified atom stereocenters. The van der Waals surface area contributed by atoms with Gasteiger partial charge in [-0.1, -0.05) is 24.3 Å². The van der Waals surface area contributed by atoms with Crippen molar-refractivity contribution in [2.24, 2.45) is 0 Å². The lowest BCUT2D eigenvalue weighted by Crippen LogP contribution is -2.55. The van der Waals surface area contributed by atoms with Crippen LogP contribution >= 0.6 is 0 Å². The zero-order chi connectivity index (χ0) is 21.2. The van der Waals surface area contributed by atoms with Gasteiger partial charge in [-0.15, -0.1) is 0 Å². The molecule has 1 aliphatic heterocycles. The minimum Gasteiger partial charge on any atom is -0.212 e. The molecule has 1 atom stereocenters. The Morgan fingerprint density at radius 2 is 1.24 bits per heavy atom. The SMILES string of the molecule is CC1CN(S(=O)(=O)Cc2ccc(F)cc2)CCN1S(=O)(=O)Cc1ccc(F)cc1. The van der Waals surface area contributed by atoms with Gasteiger partial charge in [0.05, 0.1) is 11.5 Å². The molecule has 2 aromatic rings. The summed E-state index contributed by atoms with van der Waals surface area (Å²) in [5.41, 5.74) is 0.926. The van der Waals surface area contributed by atoms with Crippen LogP contribution in [0.15, 0.2) is 48.5 Å². The number of rotatable bonds is 6. The topological polar surface area (TPSA) is 74.8 Å². The third-order valence-electron chi connectivity index (χ3n) is 4.80. The quantitative estimate of drug-likeness (QED) is 0.686. The van der Waals surface area contributed by atoms with Crippen molar-refractivity contribution in [1.82, 2.24) is 8.61 Å². The van der Waals surface area contributed by atoms with Crippen molar-refractivity contribution < 1.29 is 25.6 Å². The molecule has 2 aromatic carbocycles. The Kier molecular flexibility index (Phi) is 6.37. The minimum atomic E-state index is -3.68. The first-order valence-electron chi connectivity index (χ1n) is 9.03. The molecule has 3 rings (SSSR count). The van der Waals surface area contributed by atoms with Crippen LogP contribution in [-0.2, 0) is 31.6 Å². The summed E-state index contributed by atoms with van der Waals surface area (Å²) in [6.45, 7) is 1.76. The summed E-state index contributed by atoms with van der Waals surface area (Å²) in [6, 6.07) is 9.93. The molecule has 0 saturated carbocycles. The smallest absolute Gasteiger partial charge is 0.212 e. The molecule has 0 amide bonds. The maximum absolute atomic E-state index is 13.0. The number of hydrogen-bond acceptors (Lipinski definition) is 4. The van der Waals surface area contributed by atoms with Gasteiger partial charge in [0.2, 0.25) is 20.0 Å². The van der Waals surface area contributed by atoms with Crippen molar-refractivity contribution >= 4 is 20.0 Å². The Morgan fingerprint density at radius 1 is 0.793 bits per heavy atom. The first-order valence-corrected chi connectivity index (χ1v) is 12.2. The average Bonchev–Trinajstić information content (AvgIpc) is 2.65.